The van der Waals surface area contributed by atoms with Crippen molar-refractivity contribution < 1.29 is 18.0 Å². The number of carbonyl (C=O) groups is 2. The van der Waals surface area contributed by atoms with Gasteiger partial charge in [-0.05, 0) is 81.3 Å². The van der Waals surface area contributed by atoms with E-state index < -0.39 is 22.0 Å². The lowest BCUT2D eigenvalue weighted by molar-refractivity contribution is 0.0845. The van der Waals surface area contributed by atoms with Crippen molar-refractivity contribution in [2.45, 2.75) is 63.4 Å². The second-order valence-electron chi connectivity index (χ2n) is 8.34. The molecular weight excluding hydrogens is 400 g/mol. The minimum atomic E-state index is -3.94. The standard InChI is InChI=1S/C23H26N2O4S/c1-14(2)25-23(27)20-11-10-19(13-21(20)30(25,28)29)22(26)24-15(3)17-9-8-16-6-4-5-7-18(16)12-17/h8-15H,4-7H2,1-3H3,(H,24,26). The van der Waals surface area contributed by atoms with Crippen molar-refractivity contribution in [3.8, 4) is 0 Å². The molecule has 0 saturated heterocycles. The van der Waals surface area contributed by atoms with Gasteiger partial charge in [0, 0.05) is 11.6 Å². The molecule has 1 N–H and O–H groups in total. The molecule has 2 amide bonds. The van der Waals surface area contributed by atoms with E-state index in [9.17, 15) is 18.0 Å². The molecule has 0 radical (unpaired) electrons. The van der Waals surface area contributed by atoms with E-state index in [1.54, 1.807) is 13.8 Å². The number of fused-ring (bicyclic) bond motifs is 2. The highest BCUT2D eigenvalue weighted by molar-refractivity contribution is 7.90. The molecule has 1 heterocycles. The maximum Gasteiger partial charge on any atom is 0.269 e. The van der Waals surface area contributed by atoms with Crippen LogP contribution in [-0.4, -0.2) is 30.6 Å². The predicted molar refractivity (Wildman–Crippen MR) is 114 cm³/mol. The first-order valence-corrected chi connectivity index (χ1v) is 11.8. The van der Waals surface area contributed by atoms with Gasteiger partial charge in [0.1, 0.15) is 4.90 Å². The van der Waals surface area contributed by atoms with Gasteiger partial charge in [0.05, 0.1) is 11.6 Å². The number of nitrogens with zero attached hydrogens (tertiary/aromatic N) is 1. The van der Waals surface area contributed by atoms with E-state index in [2.05, 4.69) is 17.4 Å². The van der Waals surface area contributed by atoms with Crippen LogP contribution in [0.25, 0.3) is 0 Å². The molecule has 0 spiro atoms. The van der Waals surface area contributed by atoms with Gasteiger partial charge >= 0.3 is 0 Å². The van der Waals surface area contributed by atoms with Gasteiger partial charge in [-0.2, -0.15) is 0 Å². The fourth-order valence-corrected chi connectivity index (χ4v) is 6.08. The van der Waals surface area contributed by atoms with Crippen molar-refractivity contribution in [2.24, 2.45) is 0 Å². The third-order valence-electron chi connectivity index (χ3n) is 5.90. The van der Waals surface area contributed by atoms with Crippen LogP contribution in [0.2, 0.25) is 0 Å². The maximum atomic E-state index is 12.8. The largest absolute Gasteiger partial charge is 0.346 e. The number of rotatable bonds is 4. The van der Waals surface area contributed by atoms with Gasteiger partial charge in [0.25, 0.3) is 21.8 Å². The minimum absolute atomic E-state index is 0.102. The van der Waals surface area contributed by atoms with E-state index in [0.717, 1.165) is 22.7 Å². The van der Waals surface area contributed by atoms with Crippen LogP contribution in [-0.2, 0) is 22.9 Å². The fraction of sp³-hybridized carbons (Fsp3) is 0.391. The Bertz CT molecular complexity index is 1140. The van der Waals surface area contributed by atoms with Crippen molar-refractivity contribution >= 4 is 21.8 Å². The van der Waals surface area contributed by atoms with E-state index in [1.807, 2.05) is 13.0 Å². The first-order chi connectivity index (χ1) is 14.2. The average molecular weight is 427 g/mol. The highest BCUT2D eigenvalue weighted by Crippen LogP contribution is 2.33. The molecule has 7 heteroatoms. The molecule has 6 nitrogen and oxygen atoms in total. The van der Waals surface area contributed by atoms with Crippen LogP contribution in [0.5, 0.6) is 0 Å². The van der Waals surface area contributed by atoms with Crippen molar-refractivity contribution in [1.82, 2.24) is 9.62 Å². The number of carbonyl (C=O) groups excluding carboxylic acids is 2. The Morgan fingerprint density at radius 3 is 2.40 bits per heavy atom. The van der Waals surface area contributed by atoms with Crippen molar-refractivity contribution in [3.05, 3.63) is 64.2 Å². The quantitative estimate of drug-likeness (QED) is 0.810. The summed E-state index contributed by atoms with van der Waals surface area (Å²) >= 11 is 0. The SMILES string of the molecule is CC(NC(=O)c1ccc2c(c1)S(=O)(=O)N(C(C)C)C2=O)c1ccc2c(c1)CCCC2. The Hall–Kier alpha value is -2.67. The monoisotopic (exact) mass is 426 g/mol. The number of sulfonamides is 1. The normalized spacial score (nSPS) is 18.1. The van der Waals surface area contributed by atoms with Gasteiger partial charge in [-0.3, -0.25) is 9.59 Å². The predicted octanol–water partition coefficient (Wildman–Crippen LogP) is 3.61. The number of hydrogen-bond acceptors (Lipinski definition) is 4. The molecule has 1 unspecified atom stereocenters. The summed E-state index contributed by atoms with van der Waals surface area (Å²) in [7, 11) is -3.94. The summed E-state index contributed by atoms with van der Waals surface area (Å²) in [6, 6.07) is 9.87. The van der Waals surface area contributed by atoms with Crippen molar-refractivity contribution in [3.63, 3.8) is 0 Å². The molecule has 158 valence electrons. The van der Waals surface area contributed by atoms with E-state index in [4.69, 9.17) is 0 Å². The third kappa shape index (κ3) is 3.41. The maximum absolute atomic E-state index is 12.8. The number of nitrogens with one attached hydrogen (secondary N) is 1. The smallest absolute Gasteiger partial charge is 0.269 e. The van der Waals surface area contributed by atoms with Gasteiger partial charge in [0.15, 0.2) is 0 Å². The highest BCUT2D eigenvalue weighted by atomic mass is 32.2. The third-order valence-corrected chi connectivity index (χ3v) is 7.90. The van der Waals surface area contributed by atoms with E-state index >= 15 is 0 Å². The molecule has 1 atom stereocenters. The molecule has 0 bridgehead atoms. The van der Waals surface area contributed by atoms with E-state index in [1.165, 1.54) is 42.2 Å². The zero-order valence-electron chi connectivity index (χ0n) is 17.4. The summed E-state index contributed by atoms with van der Waals surface area (Å²) in [6.45, 7) is 5.21. The fourth-order valence-electron chi connectivity index (χ4n) is 4.29. The van der Waals surface area contributed by atoms with Crippen LogP contribution in [0.1, 0.15) is 77.1 Å². The topological polar surface area (TPSA) is 83.6 Å². The lowest BCUT2D eigenvalue weighted by atomic mass is 9.89. The number of aryl methyl sites for hydroxylation is 2. The van der Waals surface area contributed by atoms with Gasteiger partial charge in [-0.15, -0.1) is 0 Å². The van der Waals surface area contributed by atoms with Crippen LogP contribution in [0.3, 0.4) is 0 Å². The zero-order chi connectivity index (χ0) is 21.6. The lowest BCUT2D eigenvalue weighted by Gasteiger charge is -2.20. The van der Waals surface area contributed by atoms with Gasteiger partial charge in [0.2, 0.25) is 0 Å². The number of benzene rings is 2. The van der Waals surface area contributed by atoms with E-state index in [0.29, 0.717) is 0 Å². The van der Waals surface area contributed by atoms with Crippen LogP contribution in [0, 0.1) is 0 Å². The Kier molecular flexibility index (Phi) is 5.18. The first kappa shape index (κ1) is 20.6. The summed E-state index contributed by atoms with van der Waals surface area (Å²) in [5.74, 6) is -0.914. The second kappa shape index (κ2) is 7.54. The Balaban J connectivity index is 1.57. The van der Waals surface area contributed by atoms with Crippen molar-refractivity contribution in [2.75, 3.05) is 0 Å². The van der Waals surface area contributed by atoms with Crippen LogP contribution in [0.15, 0.2) is 41.3 Å². The molecule has 2 aromatic carbocycles. The van der Waals surface area contributed by atoms with Crippen LogP contribution < -0.4 is 5.32 Å². The Morgan fingerprint density at radius 1 is 1.00 bits per heavy atom. The van der Waals surface area contributed by atoms with Gasteiger partial charge in [-0.1, -0.05) is 18.2 Å². The molecule has 30 heavy (non-hydrogen) atoms. The average Bonchev–Trinajstić information content (AvgIpc) is 2.92. The lowest BCUT2D eigenvalue weighted by Crippen LogP contribution is -2.36. The number of amides is 2. The summed E-state index contributed by atoms with van der Waals surface area (Å²) in [5, 5.41) is 2.95. The summed E-state index contributed by atoms with van der Waals surface area (Å²) < 4.78 is 26.4. The molecule has 2 aromatic rings. The first-order valence-electron chi connectivity index (χ1n) is 10.4. The molecule has 0 saturated carbocycles. The molecule has 0 aromatic heterocycles. The molecule has 4 rings (SSSR count). The second-order valence-corrected chi connectivity index (χ2v) is 10.1. The molecule has 1 aliphatic heterocycles. The van der Waals surface area contributed by atoms with Crippen LogP contribution >= 0.6 is 0 Å². The molecule has 0 fully saturated rings. The Morgan fingerprint density at radius 2 is 1.70 bits per heavy atom. The summed E-state index contributed by atoms with van der Waals surface area (Å²) in [6.07, 6.45) is 4.57. The molecular formula is C23H26N2O4S. The minimum Gasteiger partial charge on any atom is -0.346 e. The van der Waals surface area contributed by atoms with Crippen molar-refractivity contribution in [1.29, 1.82) is 0 Å². The highest BCUT2D eigenvalue weighted by Gasteiger charge is 2.43. The van der Waals surface area contributed by atoms with Gasteiger partial charge < -0.3 is 5.32 Å². The van der Waals surface area contributed by atoms with E-state index in [-0.39, 0.29) is 28.0 Å². The summed E-state index contributed by atoms with van der Waals surface area (Å²) in [4.78, 5) is 25.2. The van der Waals surface area contributed by atoms with Crippen LogP contribution in [0.4, 0.5) is 0 Å². The Labute approximate surface area is 177 Å². The zero-order valence-corrected chi connectivity index (χ0v) is 18.3. The summed E-state index contributed by atoms with van der Waals surface area (Å²) in [5.41, 5.74) is 4.09. The number of hydrogen-bond donors (Lipinski definition) is 1. The molecule has 1 aliphatic carbocycles. The van der Waals surface area contributed by atoms with Gasteiger partial charge in [-0.25, -0.2) is 12.7 Å². The molecule has 2 aliphatic rings.